The lowest BCUT2D eigenvalue weighted by Gasteiger charge is -2.21. The third-order valence-corrected chi connectivity index (χ3v) is 5.00. The van der Waals surface area contributed by atoms with E-state index in [1.54, 1.807) is 0 Å². The lowest BCUT2D eigenvalue weighted by Crippen LogP contribution is -2.24. The van der Waals surface area contributed by atoms with E-state index in [-0.39, 0.29) is 0 Å². The smallest absolute Gasteiger partial charge is 0.0440 e. The Balaban J connectivity index is 1.66. The summed E-state index contributed by atoms with van der Waals surface area (Å²) in [6.07, 6.45) is 2.75. The first-order chi connectivity index (χ1) is 9.74. The van der Waals surface area contributed by atoms with Gasteiger partial charge in [0.1, 0.15) is 0 Å². The van der Waals surface area contributed by atoms with E-state index in [4.69, 9.17) is 0 Å². The molecule has 0 bridgehead atoms. The largest absolute Gasteiger partial charge is 0.305 e. The van der Waals surface area contributed by atoms with Crippen LogP contribution in [-0.4, -0.2) is 0 Å². The molecule has 1 heterocycles. The molecule has 1 unspecified atom stereocenters. The number of hydrogen-bond acceptors (Lipinski definition) is 2. The van der Waals surface area contributed by atoms with Crippen molar-refractivity contribution in [2.24, 2.45) is 5.92 Å². The first kappa shape index (κ1) is 13.8. The molecule has 0 spiro atoms. The van der Waals surface area contributed by atoms with Crippen LogP contribution in [-0.2, 0) is 6.54 Å². The molecule has 1 saturated carbocycles. The van der Waals surface area contributed by atoms with E-state index in [0.29, 0.717) is 12.0 Å². The summed E-state index contributed by atoms with van der Waals surface area (Å²) < 4.78 is 0. The van der Waals surface area contributed by atoms with Crippen molar-refractivity contribution >= 4 is 11.3 Å². The highest BCUT2D eigenvalue weighted by Gasteiger charge is 2.23. The number of nitrogens with one attached hydrogen (secondary N) is 1. The lowest BCUT2D eigenvalue weighted by molar-refractivity contribution is 0.416. The standard InChI is InChI=1S/C18H23NS/c1-13(2)18(17-7-4-10-20-17)19-12-14-5-3-6-16(11-14)15-8-9-15/h3-7,10-11,13,15,18-19H,8-9,12H2,1-2H3. The van der Waals surface area contributed by atoms with Gasteiger partial charge >= 0.3 is 0 Å². The van der Waals surface area contributed by atoms with Gasteiger partial charge in [-0.05, 0) is 47.3 Å². The summed E-state index contributed by atoms with van der Waals surface area (Å²) in [5.74, 6) is 1.45. The first-order valence-electron chi connectivity index (χ1n) is 7.59. The first-order valence-corrected chi connectivity index (χ1v) is 8.47. The topological polar surface area (TPSA) is 12.0 Å². The number of rotatable bonds is 6. The minimum Gasteiger partial charge on any atom is -0.305 e. The Hall–Kier alpha value is -1.12. The van der Waals surface area contributed by atoms with Crippen molar-refractivity contribution in [1.82, 2.24) is 5.32 Å². The molecule has 1 aromatic heterocycles. The van der Waals surface area contributed by atoms with E-state index in [1.165, 1.54) is 28.8 Å². The summed E-state index contributed by atoms with van der Waals surface area (Å²) in [6.45, 7) is 5.54. The SMILES string of the molecule is CC(C)C(NCc1cccc(C2CC2)c1)c1cccs1. The van der Waals surface area contributed by atoms with E-state index in [0.717, 1.165) is 12.5 Å². The summed E-state index contributed by atoms with van der Waals surface area (Å²) in [5.41, 5.74) is 2.94. The van der Waals surface area contributed by atoms with Crippen molar-refractivity contribution in [3.63, 3.8) is 0 Å². The molecule has 0 saturated heterocycles. The summed E-state index contributed by atoms with van der Waals surface area (Å²) in [6, 6.07) is 14.0. The van der Waals surface area contributed by atoms with Gasteiger partial charge in [0.2, 0.25) is 0 Å². The van der Waals surface area contributed by atoms with Gasteiger partial charge in [0.25, 0.3) is 0 Å². The molecule has 3 rings (SSSR count). The third kappa shape index (κ3) is 3.31. The van der Waals surface area contributed by atoms with Crippen LogP contribution in [0.3, 0.4) is 0 Å². The van der Waals surface area contributed by atoms with Crippen molar-refractivity contribution in [1.29, 1.82) is 0 Å². The van der Waals surface area contributed by atoms with E-state index in [1.807, 2.05) is 11.3 Å². The summed E-state index contributed by atoms with van der Waals surface area (Å²) in [7, 11) is 0. The second kappa shape index (κ2) is 6.11. The molecule has 1 nitrogen and oxygen atoms in total. The van der Waals surface area contributed by atoms with Crippen LogP contribution in [0.4, 0.5) is 0 Å². The molecule has 1 atom stereocenters. The predicted molar refractivity (Wildman–Crippen MR) is 87.2 cm³/mol. The molecule has 20 heavy (non-hydrogen) atoms. The zero-order valence-electron chi connectivity index (χ0n) is 12.3. The van der Waals surface area contributed by atoms with Gasteiger partial charge in [0.15, 0.2) is 0 Å². The molecule has 1 aliphatic rings. The van der Waals surface area contributed by atoms with Crippen molar-refractivity contribution in [3.05, 3.63) is 57.8 Å². The van der Waals surface area contributed by atoms with Crippen LogP contribution in [0.25, 0.3) is 0 Å². The molecule has 1 N–H and O–H groups in total. The minimum absolute atomic E-state index is 0.458. The van der Waals surface area contributed by atoms with Crippen molar-refractivity contribution in [2.75, 3.05) is 0 Å². The normalized spacial score (nSPS) is 16.6. The Kier molecular flexibility index (Phi) is 4.23. The van der Waals surface area contributed by atoms with Crippen molar-refractivity contribution in [2.45, 2.75) is 45.2 Å². The van der Waals surface area contributed by atoms with Gasteiger partial charge in [-0.3, -0.25) is 0 Å². The van der Waals surface area contributed by atoms with Crippen molar-refractivity contribution < 1.29 is 0 Å². The Morgan fingerprint density at radius 1 is 1.20 bits per heavy atom. The molecular formula is C18H23NS. The second-order valence-electron chi connectivity index (χ2n) is 6.14. The van der Waals surface area contributed by atoms with Crippen LogP contribution >= 0.6 is 11.3 Å². The molecule has 106 valence electrons. The summed E-state index contributed by atoms with van der Waals surface area (Å²) in [4.78, 5) is 1.44. The van der Waals surface area contributed by atoms with Crippen LogP contribution in [0.15, 0.2) is 41.8 Å². The summed E-state index contributed by atoms with van der Waals surface area (Å²) in [5, 5.41) is 5.90. The maximum atomic E-state index is 3.73. The average molecular weight is 285 g/mol. The fraction of sp³-hybridized carbons (Fsp3) is 0.444. The maximum Gasteiger partial charge on any atom is 0.0440 e. The second-order valence-corrected chi connectivity index (χ2v) is 7.12. The van der Waals surface area contributed by atoms with Gasteiger partial charge in [-0.2, -0.15) is 0 Å². The quantitative estimate of drug-likeness (QED) is 0.777. The van der Waals surface area contributed by atoms with E-state index >= 15 is 0 Å². The van der Waals surface area contributed by atoms with Crippen LogP contribution in [0.5, 0.6) is 0 Å². The lowest BCUT2D eigenvalue weighted by atomic mass is 10.0. The van der Waals surface area contributed by atoms with Gasteiger partial charge in [-0.15, -0.1) is 11.3 Å². The Bertz CT molecular complexity index is 540. The van der Waals surface area contributed by atoms with E-state index in [9.17, 15) is 0 Å². The number of benzene rings is 1. The number of hydrogen-bond donors (Lipinski definition) is 1. The Morgan fingerprint density at radius 3 is 2.70 bits per heavy atom. The zero-order valence-corrected chi connectivity index (χ0v) is 13.1. The molecule has 0 aliphatic heterocycles. The third-order valence-electron chi connectivity index (χ3n) is 4.04. The van der Waals surface area contributed by atoms with Gasteiger partial charge in [-0.25, -0.2) is 0 Å². The van der Waals surface area contributed by atoms with Crippen molar-refractivity contribution in [3.8, 4) is 0 Å². The van der Waals surface area contributed by atoms with Crippen LogP contribution in [0.2, 0.25) is 0 Å². The molecule has 1 aromatic carbocycles. The fourth-order valence-electron chi connectivity index (χ4n) is 2.73. The maximum absolute atomic E-state index is 3.73. The molecule has 0 radical (unpaired) electrons. The van der Waals surface area contributed by atoms with Crippen LogP contribution in [0.1, 0.15) is 54.7 Å². The van der Waals surface area contributed by atoms with Gasteiger partial charge in [0, 0.05) is 17.5 Å². The molecular weight excluding hydrogens is 262 g/mol. The highest BCUT2D eigenvalue weighted by atomic mass is 32.1. The molecule has 2 heteroatoms. The summed E-state index contributed by atoms with van der Waals surface area (Å²) >= 11 is 1.85. The minimum atomic E-state index is 0.458. The van der Waals surface area contributed by atoms with Gasteiger partial charge < -0.3 is 5.32 Å². The molecule has 2 aromatic rings. The highest BCUT2D eigenvalue weighted by molar-refractivity contribution is 7.10. The van der Waals surface area contributed by atoms with Crippen LogP contribution < -0.4 is 5.32 Å². The monoisotopic (exact) mass is 285 g/mol. The molecule has 1 fully saturated rings. The van der Waals surface area contributed by atoms with Crippen LogP contribution in [0, 0.1) is 5.92 Å². The Morgan fingerprint density at radius 2 is 2.05 bits per heavy atom. The zero-order chi connectivity index (χ0) is 13.9. The van der Waals surface area contributed by atoms with E-state index in [2.05, 4.69) is 60.9 Å². The highest BCUT2D eigenvalue weighted by Crippen LogP contribution is 2.40. The molecule has 1 aliphatic carbocycles. The predicted octanol–water partition coefficient (Wildman–Crippen LogP) is 5.11. The van der Waals surface area contributed by atoms with E-state index < -0.39 is 0 Å². The van der Waals surface area contributed by atoms with Gasteiger partial charge in [-0.1, -0.05) is 44.2 Å². The number of thiophene rings is 1. The Labute approximate surface area is 126 Å². The average Bonchev–Trinajstić information content (AvgIpc) is 3.16. The fourth-order valence-corrected chi connectivity index (χ4v) is 3.71. The van der Waals surface area contributed by atoms with Gasteiger partial charge in [0.05, 0.1) is 0 Å². The molecule has 0 amide bonds.